The van der Waals surface area contributed by atoms with Gasteiger partial charge in [0.1, 0.15) is 0 Å². The highest BCUT2D eigenvalue weighted by atomic mass is 35.5. The molecule has 0 bridgehead atoms. The molecule has 0 saturated heterocycles. The fourth-order valence-electron chi connectivity index (χ4n) is 2.75. The lowest BCUT2D eigenvalue weighted by molar-refractivity contribution is -0.129. The van der Waals surface area contributed by atoms with Crippen molar-refractivity contribution >= 4 is 35.1 Å². The molecular formula is C17H21Cl2NO3. The molecule has 1 fully saturated rings. The molecule has 1 amide bonds. The number of benzene rings is 1. The zero-order valence-electron chi connectivity index (χ0n) is 13.1. The van der Waals surface area contributed by atoms with Gasteiger partial charge in [0.15, 0.2) is 6.10 Å². The number of carbonyl (C=O) groups excluding carboxylic acids is 2. The van der Waals surface area contributed by atoms with E-state index >= 15 is 0 Å². The van der Waals surface area contributed by atoms with Crippen molar-refractivity contribution in [3.05, 3.63) is 33.8 Å². The largest absolute Gasteiger partial charge is 0.449 e. The van der Waals surface area contributed by atoms with Gasteiger partial charge in [0.05, 0.1) is 15.6 Å². The van der Waals surface area contributed by atoms with Gasteiger partial charge in [-0.15, -0.1) is 0 Å². The van der Waals surface area contributed by atoms with Crippen molar-refractivity contribution in [2.24, 2.45) is 5.92 Å². The second-order valence-electron chi connectivity index (χ2n) is 5.89. The van der Waals surface area contributed by atoms with Crippen LogP contribution in [0.3, 0.4) is 0 Å². The topological polar surface area (TPSA) is 55.4 Å². The summed E-state index contributed by atoms with van der Waals surface area (Å²) in [5, 5.41) is 3.27. The summed E-state index contributed by atoms with van der Waals surface area (Å²) in [6.07, 6.45) is 5.11. The van der Waals surface area contributed by atoms with Gasteiger partial charge in [0, 0.05) is 6.54 Å². The van der Waals surface area contributed by atoms with E-state index in [0.29, 0.717) is 12.5 Å². The van der Waals surface area contributed by atoms with E-state index < -0.39 is 12.1 Å². The van der Waals surface area contributed by atoms with E-state index in [9.17, 15) is 9.59 Å². The van der Waals surface area contributed by atoms with Gasteiger partial charge in [-0.1, -0.05) is 48.5 Å². The number of amides is 1. The van der Waals surface area contributed by atoms with E-state index in [0.717, 1.165) is 12.8 Å². The summed E-state index contributed by atoms with van der Waals surface area (Å²) < 4.78 is 5.18. The number of esters is 1. The van der Waals surface area contributed by atoms with Crippen LogP contribution in [0.4, 0.5) is 0 Å². The van der Waals surface area contributed by atoms with E-state index in [-0.39, 0.29) is 21.5 Å². The third kappa shape index (κ3) is 5.11. The molecular weight excluding hydrogens is 337 g/mol. The smallest absolute Gasteiger partial charge is 0.341 e. The standard InChI is InChI=1S/C17H21Cl2NO3/c1-11(16(21)20-10-12-6-3-2-4-7-12)23-17(22)15-13(18)8-5-9-14(15)19/h5,8-9,11-12H,2-4,6-7,10H2,1H3,(H,20,21)/t11-/m1/s1. The van der Waals surface area contributed by atoms with Crippen LogP contribution in [0, 0.1) is 5.92 Å². The minimum atomic E-state index is -0.890. The van der Waals surface area contributed by atoms with E-state index in [1.165, 1.54) is 19.3 Å². The lowest BCUT2D eigenvalue weighted by Gasteiger charge is -2.22. The number of ether oxygens (including phenoxy) is 1. The molecule has 0 aliphatic heterocycles. The Balaban J connectivity index is 1.86. The predicted octanol–water partition coefficient (Wildman–Crippen LogP) is 4.24. The molecule has 4 nitrogen and oxygen atoms in total. The number of hydrogen-bond donors (Lipinski definition) is 1. The molecule has 1 aliphatic rings. The van der Waals surface area contributed by atoms with Crippen LogP contribution >= 0.6 is 23.2 Å². The van der Waals surface area contributed by atoms with Crippen LogP contribution in [0.5, 0.6) is 0 Å². The van der Waals surface area contributed by atoms with Crippen LogP contribution in [0.15, 0.2) is 18.2 Å². The second-order valence-corrected chi connectivity index (χ2v) is 6.71. The predicted molar refractivity (Wildman–Crippen MR) is 90.9 cm³/mol. The van der Waals surface area contributed by atoms with E-state index in [1.807, 2.05) is 0 Å². The number of carbonyl (C=O) groups is 2. The summed E-state index contributed by atoms with van der Waals surface area (Å²) in [5.74, 6) is -0.471. The lowest BCUT2D eigenvalue weighted by atomic mass is 9.89. The third-order valence-electron chi connectivity index (χ3n) is 4.11. The molecule has 1 aromatic carbocycles. The fourth-order valence-corrected chi connectivity index (χ4v) is 3.30. The van der Waals surface area contributed by atoms with E-state index in [4.69, 9.17) is 27.9 Å². The van der Waals surface area contributed by atoms with Crippen molar-refractivity contribution < 1.29 is 14.3 Å². The Kier molecular flexibility index (Phi) is 6.72. The maximum Gasteiger partial charge on any atom is 0.341 e. The van der Waals surface area contributed by atoms with Gasteiger partial charge < -0.3 is 10.1 Å². The minimum absolute atomic E-state index is 0.0859. The van der Waals surface area contributed by atoms with Gasteiger partial charge in [-0.2, -0.15) is 0 Å². The first-order valence-corrected chi connectivity index (χ1v) is 8.67. The van der Waals surface area contributed by atoms with Gasteiger partial charge in [-0.05, 0) is 37.8 Å². The van der Waals surface area contributed by atoms with Crippen LogP contribution in [0.25, 0.3) is 0 Å². The summed E-state index contributed by atoms with van der Waals surface area (Å²) >= 11 is 11.9. The zero-order valence-corrected chi connectivity index (χ0v) is 14.6. The number of rotatable bonds is 5. The highest BCUT2D eigenvalue weighted by Crippen LogP contribution is 2.25. The summed E-state index contributed by atoms with van der Waals surface area (Å²) in [6.45, 7) is 2.17. The van der Waals surface area contributed by atoms with Crippen molar-refractivity contribution in [1.29, 1.82) is 0 Å². The summed E-state index contributed by atoms with van der Waals surface area (Å²) in [7, 11) is 0. The number of hydrogen-bond acceptors (Lipinski definition) is 3. The van der Waals surface area contributed by atoms with Crippen LogP contribution in [-0.2, 0) is 9.53 Å². The Labute approximate surface area is 146 Å². The molecule has 1 aliphatic carbocycles. The Morgan fingerprint density at radius 2 is 1.83 bits per heavy atom. The molecule has 0 radical (unpaired) electrons. The van der Waals surface area contributed by atoms with E-state index in [1.54, 1.807) is 25.1 Å². The van der Waals surface area contributed by atoms with Crippen LogP contribution in [-0.4, -0.2) is 24.5 Å². The Morgan fingerprint density at radius 3 is 2.43 bits per heavy atom. The lowest BCUT2D eigenvalue weighted by Crippen LogP contribution is -2.38. The first-order chi connectivity index (χ1) is 11.0. The number of nitrogens with one attached hydrogen (secondary N) is 1. The average Bonchev–Trinajstić information content (AvgIpc) is 2.53. The highest BCUT2D eigenvalue weighted by molar-refractivity contribution is 6.39. The molecule has 0 unspecified atom stereocenters. The van der Waals surface area contributed by atoms with Gasteiger partial charge >= 0.3 is 5.97 Å². The minimum Gasteiger partial charge on any atom is -0.449 e. The van der Waals surface area contributed by atoms with Crippen molar-refractivity contribution in [2.45, 2.75) is 45.1 Å². The van der Waals surface area contributed by atoms with Crippen molar-refractivity contribution in [3.63, 3.8) is 0 Å². The molecule has 6 heteroatoms. The summed E-state index contributed by atoms with van der Waals surface area (Å²) in [5.41, 5.74) is 0.0859. The molecule has 23 heavy (non-hydrogen) atoms. The Morgan fingerprint density at radius 1 is 1.22 bits per heavy atom. The third-order valence-corrected chi connectivity index (χ3v) is 4.74. The van der Waals surface area contributed by atoms with Gasteiger partial charge in [-0.3, -0.25) is 4.79 Å². The second kappa shape index (κ2) is 8.55. The normalized spacial score (nSPS) is 16.7. The molecule has 126 valence electrons. The maximum atomic E-state index is 12.1. The van der Waals surface area contributed by atoms with Crippen LogP contribution in [0.2, 0.25) is 10.0 Å². The van der Waals surface area contributed by atoms with Gasteiger partial charge in [0.25, 0.3) is 5.91 Å². The molecule has 0 aromatic heterocycles. The molecule has 2 rings (SSSR count). The monoisotopic (exact) mass is 357 g/mol. The first-order valence-electron chi connectivity index (χ1n) is 7.91. The maximum absolute atomic E-state index is 12.1. The summed E-state index contributed by atoms with van der Waals surface area (Å²) in [6, 6.07) is 4.75. The summed E-state index contributed by atoms with van der Waals surface area (Å²) in [4.78, 5) is 24.2. The molecule has 0 spiro atoms. The molecule has 0 heterocycles. The zero-order chi connectivity index (χ0) is 16.8. The van der Waals surface area contributed by atoms with Crippen molar-refractivity contribution in [1.82, 2.24) is 5.32 Å². The number of halogens is 2. The molecule has 1 aromatic rings. The van der Waals surface area contributed by atoms with Gasteiger partial charge in [-0.25, -0.2) is 4.79 Å². The van der Waals surface area contributed by atoms with Crippen molar-refractivity contribution in [3.8, 4) is 0 Å². The Hall–Kier alpha value is -1.26. The SMILES string of the molecule is C[C@@H](OC(=O)c1c(Cl)cccc1Cl)C(=O)NCC1CCCCC1. The first kappa shape index (κ1) is 18.1. The van der Waals surface area contributed by atoms with Gasteiger partial charge in [0.2, 0.25) is 0 Å². The van der Waals surface area contributed by atoms with Crippen LogP contribution < -0.4 is 5.32 Å². The molecule has 1 N–H and O–H groups in total. The van der Waals surface area contributed by atoms with E-state index in [2.05, 4.69) is 5.32 Å². The molecule has 1 saturated carbocycles. The quantitative estimate of drug-likeness (QED) is 0.802. The molecule has 1 atom stereocenters. The van der Waals surface area contributed by atoms with Crippen LogP contribution in [0.1, 0.15) is 49.4 Å². The Bertz CT molecular complexity index is 551. The fraction of sp³-hybridized carbons (Fsp3) is 0.529. The average molecular weight is 358 g/mol. The van der Waals surface area contributed by atoms with Crippen molar-refractivity contribution in [2.75, 3.05) is 6.54 Å². The highest BCUT2D eigenvalue weighted by Gasteiger charge is 2.23.